The maximum absolute atomic E-state index is 9.45. The van der Waals surface area contributed by atoms with Gasteiger partial charge in [-0.15, -0.1) is 0 Å². The topological polar surface area (TPSA) is 49.2 Å². The van der Waals surface area contributed by atoms with Crippen LogP contribution in [-0.2, 0) is 12.8 Å². The first kappa shape index (κ1) is 12.2. The van der Waals surface area contributed by atoms with Crippen LogP contribution in [0, 0.1) is 0 Å². The fourth-order valence-corrected chi connectivity index (χ4v) is 3.27. The summed E-state index contributed by atoms with van der Waals surface area (Å²) in [5, 5.41) is 9.79. The molecule has 0 aromatic carbocycles. The Morgan fingerprint density at radius 2 is 2.06 bits per heavy atom. The number of rotatable bonds is 2. The number of aliphatic hydroxyl groups excluding tert-OH is 1. The summed E-state index contributed by atoms with van der Waals surface area (Å²) >= 11 is 6.04. The molecule has 0 unspecified atom stereocenters. The van der Waals surface area contributed by atoms with E-state index < -0.39 is 0 Å². The summed E-state index contributed by atoms with van der Waals surface area (Å²) in [6, 6.07) is 0.196. The average molecular weight is 268 g/mol. The Balaban J connectivity index is 2.02. The summed E-state index contributed by atoms with van der Waals surface area (Å²) in [5.74, 6) is 0.973. The van der Waals surface area contributed by atoms with E-state index in [2.05, 4.69) is 14.9 Å². The van der Waals surface area contributed by atoms with Crippen LogP contribution < -0.4 is 4.90 Å². The number of hydrogen-bond donors (Lipinski definition) is 1. The van der Waals surface area contributed by atoms with Crippen molar-refractivity contribution in [2.45, 2.75) is 44.6 Å². The molecule has 98 valence electrons. The van der Waals surface area contributed by atoms with Gasteiger partial charge in [0.15, 0.2) is 0 Å². The van der Waals surface area contributed by atoms with Crippen molar-refractivity contribution in [1.29, 1.82) is 0 Å². The molecule has 1 atom stereocenters. The third kappa shape index (κ3) is 2.08. The molecule has 0 amide bonds. The Hall–Kier alpha value is -0.870. The van der Waals surface area contributed by atoms with Gasteiger partial charge in [0.05, 0.1) is 18.3 Å². The van der Waals surface area contributed by atoms with Crippen LogP contribution in [0.4, 0.5) is 5.82 Å². The molecule has 0 radical (unpaired) electrons. The Kier molecular flexibility index (Phi) is 3.39. The van der Waals surface area contributed by atoms with E-state index in [9.17, 15) is 5.11 Å². The van der Waals surface area contributed by atoms with Crippen LogP contribution in [0.5, 0.6) is 0 Å². The summed E-state index contributed by atoms with van der Waals surface area (Å²) in [7, 11) is 0. The molecule has 0 spiro atoms. The molecule has 3 rings (SSSR count). The maximum Gasteiger partial charge on any atom is 0.224 e. The van der Waals surface area contributed by atoms with Gasteiger partial charge in [0, 0.05) is 12.1 Å². The van der Waals surface area contributed by atoms with Crippen molar-refractivity contribution < 1.29 is 5.11 Å². The summed E-state index contributed by atoms with van der Waals surface area (Å²) in [6.45, 7) is 1.15. The van der Waals surface area contributed by atoms with Crippen molar-refractivity contribution in [3.05, 3.63) is 16.5 Å². The Bertz CT molecular complexity index is 452. The molecule has 2 heterocycles. The molecule has 0 saturated carbocycles. The molecule has 4 nitrogen and oxygen atoms in total. The summed E-state index contributed by atoms with van der Waals surface area (Å²) < 4.78 is 0. The number of halogens is 1. The van der Waals surface area contributed by atoms with E-state index in [1.807, 2.05) is 0 Å². The first-order valence-corrected chi connectivity index (χ1v) is 7.10. The van der Waals surface area contributed by atoms with Gasteiger partial charge in [-0.05, 0) is 50.1 Å². The highest BCUT2D eigenvalue weighted by atomic mass is 35.5. The fourth-order valence-electron chi connectivity index (χ4n) is 3.09. The second-order valence-electron chi connectivity index (χ2n) is 5.12. The van der Waals surface area contributed by atoms with Crippen molar-refractivity contribution in [2.24, 2.45) is 0 Å². The minimum Gasteiger partial charge on any atom is -0.394 e. The van der Waals surface area contributed by atoms with Crippen LogP contribution in [0.25, 0.3) is 0 Å². The molecule has 5 heteroatoms. The van der Waals surface area contributed by atoms with Gasteiger partial charge in [0.1, 0.15) is 5.82 Å². The van der Waals surface area contributed by atoms with Crippen LogP contribution in [0.2, 0.25) is 5.28 Å². The Morgan fingerprint density at radius 1 is 1.22 bits per heavy atom. The molecule has 18 heavy (non-hydrogen) atoms. The number of nitrogens with zero attached hydrogens (tertiary/aromatic N) is 3. The lowest BCUT2D eigenvalue weighted by Crippen LogP contribution is -2.34. The molecule has 1 aliphatic heterocycles. The highest BCUT2D eigenvalue weighted by molar-refractivity contribution is 6.28. The largest absolute Gasteiger partial charge is 0.394 e. The second kappa shape index (κ2) is 5.02. The minimum atomic E-state index is 0.191. The zero-order valence-electron chi connectivity index (χ0n) is 10.4. The Morgan fingerprint density at radius 3 is 2.89 bits per heavy atom. The minimum absolute atomic E-state index is 0.191. The fraction of sp³-hybridized carbons (Fsp3) is 0.692. The van der Waals surface area contributed by atoms with Gasteiger partial charge in [-0.1, -0.05) is 0 Å². The average Bonchev–Trinajstić information content (AvgIpc) is 2.85. The summed E-state index contributed by atoms with van der Waals surface area (Å²) in [5.41, 5.74) is 2.37. The number of aryl methyl sites for hydroxylation is 1. The van der Waals surface area contributed by atoms with Crippen molar-refractivity contribution >= 4 is 17.4 Å². The van der Waals surface area contributed by atoms with E-state index in [0.29, 0.717) is 5.28 Å². The van der Waals surface area contributed by atoms with E-state index >= 15 is 0 Å². The van der Waals surface area contributed by atoms with Gasteiger partial charge in [0.2, 0.25) is 5.28 Å². The van der Waals surface area contributed by atoms with Gasteiger partial charge in [-0.25, -0.2) is 9.97 Å². The zero-order chi connectivity index (χ0) is 12.5. The molecule has 1 saturated heterocycles. The van der Waals surface area contributed by atoms with E-state index in [4.69, 9.17) is 11.6 Å². The first-order chi connectivity index (χ1) is 8.79. The molecule has 1 aliphatic carbocycles. The van der Waals surface area contributed by atoms with Crippen LogP contribution >= 0.6 is 11.6 Å². The molecule has 1 fully saturated rings. The lowest BCUT2D eigenvalue weighted by atomic mass is 9.96. The van der Waals surface area contributed by atoms with Crippen molar-refractivity contribution in [2.75, 3.05) is 18.1 Å². The zero-order valence-corrected chi connectivity index (χ0v) is 11.2. The molecule has 1 aromatic rings. The van der Waals surface area contributed by atoms with Gasteiger partial charge in [-0.3, -0.25) is 0 Å². The van der Waals surface area contributed by atoms with Crippen molar-refractivity contribution in [3.8, 4) is 0 Å². The summed E-state index contributed by atoms with van der Waals surface area (Å²) in [6.07, 6.45) is 6.57. The van der Waals surface area contributed by atoms with E-state index in [1.54, 1.807) is 0 Å². The number of aromatic nitrogens is 2. The lowest BCUT2D eigenvalue weighted by molar-refractivity contribution is 0.266. The second-order valence-corrected chi connectivity index (χ2v) is 5.46. The smallest absolute Gasteiger partial charge is 0.224 e. The number of fused-ring (bicyclic) bond motifs is 1. The predicted octanol–water partition coefficient (Wildman–Crippen LogP) is 1.97. The van der Waals surface area contributed by atoms with E-state index in [1.165, 1.54) is 18.4 Å². The quantitative estimate of drug-likeness (QED) is 0.833. The van der Waals surface area contributed by atoms with Gasteiger partial charge >= 0.3 is 0 Å². The van der Waals surface area contributed by atoms with Crippen LogP contribution in [0.3, 0.4) is 0 Å². The predicted molar refractivity (Wildman–Crippen MR) is 71.1 cm³/mol. The molecule has 1 N–H and O–H groups in total. The molecular formula is C13H18ClN3O. The molecule has 1 aromatic heterocycles. The van der Waals surface area contributed by atoms with Gasteiger partial charge < -0.3 is 10.0 Å². The first-order valence-electron chi connectivity index (χ1n) is 6.72. The van der Waals surface area contributed by atoms with E-state index in [0.717, 1.165) is 43.7 Å². The standard InChI is InChI=1S/C13H18ClN3O/c14-13-15-11-6-2-1-5-10(11)12(16-13)17-7-3-4-9(17)8-18/h9,18H,1-8H2/t9-/m1/s1. The van der Waals surface area contributed by atoms with Crippen molar-refractivity contribution in [3.63, 3.8) is 0 Å². The third-order valence-electron chi connectivity index (χ3n) is 3.99. The summed E-state index contributed by atoms with van der Waals surface area (Å²) in [4.78, 5) is 11.0. The molecule has 0 bridgehead atoms. The van der Waals surface area contributed by atoms with Crippen LogP contribution in [0.15, 0.2) is 0 Å². The highest BCUT2D eigenvalue weighted by Crippen LogP contribution is 2.32. The Labute approximate surface area is 112 Å². The normalized spacial score (nSPS) is 23.2. The van der Waals surface area contributed by atoms with Crippen LogP contribution in [0.1, 0.15) is 36.9 Å². The SMILES string of the molecule is OC[C@H]1CCCN1c1nc(Cl)nc2c1CCCC2. The van der Waals surface area contributed by atoms with Crippen LogP contribution in [-0.4, -0.2) is 34.3 Å². The van der Waals surface area contributed by atoms with Gasteiger partial charge in [0.25, 0.3) is 0 Å². The number of hydrogen-bond acceptors (Lipinski definition) is 4. The highest BCUT2D eigenvalue weighted by Gasteiger charge is 2.29. The van der Waals surface area contributed by atoms with Gasteiger partial charge in [-0.2, -0.15) is 0 Å². The molecule has 2 aliphatic rings. The van der Waals surface area contributed by atoms with Crippen molar-refractivity contribution in [1.82, 2.24) is 9.97 Å². The monoisotopic (exact) mass is 267 g/mol. The lowest BCUT2D eigenvalue weighted by Gasteiger charge is -2.28. The third-order valence-corrected chi connectivity index (χ3v) is 4.16. The number of anilines is 1. The number of aliphatic hydroxyl groups is 1. The maximum atomic E-state index is 9.45. The van der Waals surface area contributed by atoms with E-state index in [-0.39, 0.29) is 12.6 Å². The molecular weight excluding hydrogens is 250 g/mol.